The van der Waals surface area contributed by atoms with Gasteiger partial charge < -0.3 is 5.73 Å². The summed E-state index contributed by atoms with van der Waals surface area (Å²) in [6, 6.07) is 8.27. The number of fused-ring (bicyclic) bond motifs is 1. The third-order valence-electron chi connectivity index (χ3n) is 3.69. The van der Waals surface area contributed by atoms with Gasteiger partial charge in [0.05, 0.1) is 10.4 Å². The van der Waals surface area contributed by atoms with E-state index in [1.165, 1.54) is 0 Å². The lowest BCUT2D eigenvalue weighted by Gasteiger charge is -2.22. The van der Waals surface area contributed by atoms with Gasteiger partial charge in [-0.15, -0.1) is 0 Å². The number of nitrogens with two attached hydrogens (primary N) is 1. The molecule has 1 aromatic carbocycles. The Balaban J connectivity index is 2.30. The molecule has 3 N–H and O–H groups in total. The fourth-order valence-corrected chi connectivity index (χ4v) is 3.06. The predicted octanol–water partition coefficient (Wildman–Crippen LogP) is 2.53. The lowest BCUT2D eigenvalue weighted by molar-refractivity contribution is 0.350. The number of sulfonamides is 1. The molecule has 0 spiro atoms. The maximum Gasteiger partial charge on any atom is 0.240 e. The first-order chi connectivity index (χ1) is 9.73. The van der Waals surface area contributed by atoms with Crippen LogP contribution in [-0.2, 0) is 10.0 Å². The molecular formula is C15H21N3O2S. The van der Waals surface area contributed by atoms with Gasteiger partial charge in [0, 0.05) is 11.9 Å². The van der Waals surface area contributed by atoms with E-state index in [0.29, 0.717) is 17.9 Å². The molecule has 0 aliphatic rings. The molecule has 2 rings (SSSR count). The number of nitrogen functional groups attached to an aromatic ring is 1. The number of aromatic nitrogens is 1. The number of nitrogens with one attached hydrogen (secondary N) is 1. The molecule has 0 aliphatic heterocycles. The minimum absolute atomic E-state index is 0.0695. The minimum atomic E-state index is -3.51. The van der Waals surface area contributed by atoms with Crippen LogP contribution in [0.3, 0.4) is 0 Å². The van der Waals surface area contributed by atoms with Crippen molar-refractivity contribution in [3.63, 3.8) is 0 Å². The Morgan fingerprint density at radius 3 is 2.62 bits per heavy atom. The number of hydrogen-bond donors (Lipinski definition) is 2. The lowest BCUT2D eigenvalue weighted by atomic mass is 9.91. The molecule has 0 bridgehead atoms. The maximum absolute atomic E-state index is 12.3. The number of hydrogen-bond acceptors (Lipinski definition) is 4. The Morgan fingerprint density at radius 1 is 1.24 bits per heavy atom. The van der Waals surface area contributed by atoms with Crippen LogP contribution in [0.4, 0.5) is 5.82 Å². The van der Waals surface area contributed by atoms with E-state index in [9.17, 15) is 8.42 Å². The Kier molecular flexibility index (Phi) is 4.20. The highest BCUT2D eigenvalue weighted by Gasteiger charge is 2.21. The summed E-state index contributed by atoms with van der Waals surface area (Å²) in [4.78, 5) is 4.40. The van der Waals surface area contributed by atoms with Crippen molar-refractivity contribution < 1.29 is 8.42 Å². The summed E-state index contributed by atoms with van der Waals surface area (Å²) in [5, 5.41) is 0.752. The first kappa shape index (κ1) is 15.7. The van der Waals surface area contributed by atoms with Crippen molar-refractivity contribution in [2.75, 3.05) is 12.3 Å². The summed E-state index contributed by atoms with van der Waals surface area (Å²) in [6.07, 6.45) is 0.899. The van der Waals surface area contributed by atoms with Gasteiger partial charge in [-0.2, -0.15) is 0 Å². The summed E-state index contributed by atoms with van der Waals surface area (Å²) in [5.74, 6) is 0.418. The zero-order chi connectivity index (χ0) is 15.7. The monoisotopic (exact) mass is 307 g/mol. The average molecular weight is 307 g/mol. The molecule has 21 heavy (non-hydrogen) atoms. The molecule has 2 aromatic rings. The fourth-order valence-electron chi connectivity index (χ4n) is 1.79. The van der Waals surface area contributed by atoms with Crippen LogP contribution in [0.1, 0.15) is 27.2 Å². The Labute approximate surface area is 125 Å². The number of benzene rings is 1. The van der Waals surface area contributed by atoms with Crippen molar-refractivity contribution in [2.45, 2.75) is 32.1 Å². The zero-order valence-electron chi connectivity index (χ0n) is 12.6. The standard InChI is InChI=1S/C15H21N3O2S/c1-4-15(2,3)10-17-21(19,20)12-6-7-13-11(9-12)5-8-14(16)18-13/h5-9,17H,4,10H2,1-3H3,(H2,16,18). The Bertz CT molecular complexity index is 755. The van der Waals surface area contributed by atoms with Crippen LogP contribution in [0.25, 0.3) is 10.9 Å². The Morgan fingerprint density at radius 2 is 1.95 bits per heavy atom. The highest BCUT2D eigenvalue weighted by molar-refractivity contribution is 7.89. The van der Waals surface area contributed by atoms with Crippen molar-refractivity contribution in [1.29, 1.82) is 0 Å². The first-order valence-corrected chi connectivity index (χ1v) is 8.38. The Hall–Kier alpha value is -1.66. The fraction of sp³-hybridized carbons (Fsp3) is 0.400. The highest BCUT2D eigenvalue weighted by atomic mass is 32.2. The van der Waals surface area contributed by atoms with E-state index in [0.717, 1.165) is 11.8 Å². The van der Waals surface area contributed by atoms with Crippen LogP contribution in [-0.4, -0.2) is 19.9 Å². The molecule has 5 nitrogen and oxygen atoms in total. The summed E-state index contributed by atoms with van der Waals surface area (Å²) < 4.78 is 27.4. The van der Waals surface area contributed by atoms with Crippen LogP contribution < -0.4 is 10.5 Å². The van der Waals surface area contributed by atoms with Gasteiger partial charge in [-0.3, -0.25) is 0 Å². The van der Waals surface area contributed by atoms with E-state index in [4.69, 9.17) is 5.73 Å². The van der Waals surface area contributed by atoms with Crippen molar-refractivity contribution in [3.05, 3.63) is 30.3 Å². The van der Waals surface area contributed by atoms with Crippen LogP contribution in [0.2, 0.25) is 0 Å². The van der Waals surface area contributed by atoms with Gasteiger partial charge in [0.2, 0.25) is 10.0 Å². The molecule has 0 unspecified atom stereocenters. The molecule has 114 valence electrons. The van der Waals surface area contributed by atoms with E-state index >= 15 is 0 Å². The van der Waals surface area contributed by atoms with E-state index in [1.54, 1.807) is 30.3 Å². The summed E-state index contributed by atoms with van der Waals surface area (Å²) in [7, 11) is -3.51. The number of nitrogens with zero attached hydrogens (tertiary/aromatic N) is 1. The van der Waals surface area contributed by atoms with Gasteiger partial charge in [0.15, 0.2) is 0 Å². The van der Waals surface area contributed by atoms with Gasteiger partial charge in [0.25, 0.3) is 0 Å². The minimum Gasteiger partial charge on any atom is -0.384 e. The first-order valence-electron chi connectivity index (χ1n) is 6.89. The smallest absolute Gasteiger partial charge is 0.240 e. The molecule has 0 saturated heterocycles. The van der Waals surface area contributed by atoms with E-state index < -0.39 is 10.0 Å². The maximum atomic E-state index is 12.3. The third-order valence-corrected chi connectivity index (χ3v) is 5.09. The molecule has 1 aromatic heterocycles. The number of anilines is 1. The van der Waals surface area contributed by atoms with Crippen LogP contribution >= 0.6 is 0 Å². The van der Waals surface area contributed by atoms with Crippen LogP contribution in [0.15, 0.2) is 35.2 Å². The van der Waals surface area contributed by atoms with E-state index in [2.05, 4.69) is 9.71 Å². The number of pyridine rings is 1. The molecule has 0 aliphatic carbocycles. The van der Waals surface area contributed by atoms with Gasteiger partial charge >= 0.3 is 0 Å². The lowest BCUT2D eigenvalue weighted by Crippen LogP contribution is -2.33. The topological polar surface area (TPSA) is 85.1 Å². The molecule has 0 atom stereocenters. The third kappa shape index (κ3) is 3.71. The molecule has 0 amide bonds. The largest absolute Gasteiger partial charge is 0.384 e. The van der Waals surface area contributed by atoms with Crippen molar-refractivity contribution >= 4 is 26.7 Å². The predicted molar refractivity (Wildman–Crippen MR) is 85.4 cm³/mol. The van der Waals surface area contributed by atoms with Crippen molar-refractivity contribution in [1.82, 2.24) is 9.71 Å². The van der Waals surface area contributed by atoms with Gasteiger partial charge in [0.1, 0.15) is 5.82 Å². The van der Waals surface area contributed by atoms with Crippen LogP contribution in [0.5, 0.6) is 0 Å². The molecule has 1 heterocycles. The van der Waals surface area contributed by atoms with Gasteiger partial charge in [-0.1, -0.05) is 20.8 Å². The summed E-state index contributed by atoms with van der Waals surface area (Å²) in [6.45, 7) is 6.51. The quantitative estimate of drug-likeness (QED) is 0.889. The molecule has 0 saturated carbocycles. The second-order valence-corrected chi connectivity index (χ2v) is 7.70. The molecule has 0 fully saturated rings. The van der Waals surface area contributed by atoms with E-state index in [1.807, 2.05) is 20.8 Å². The second-order valence-electron chi connectivity index (χ2n) is 5.93. The second kappa shape index (κ2) is 5.61. The molecular weight excluding hydrogens is 286 g/mol. The zero-order valence-corrected chi connectivity index (χ0v) is 13.4. The highest BCUT2D eigenvalue weighted by Crippen LogP contribution is 2.21. The average Bonchev–Trinajstić information content (AvgIpc) is 2.45. The number of rotatable bonds is 5. The van der Waals surface area contributed by atoms with Gasteiger partial charge in [-0.05, 0) is 42.2 Å². The van der Waals surface area contributed by atoms with Crippen molar-refractivity contribution in [3.8, 4) is 0 Å². The van der Waals surface area contributed by atoms with Crippen molar-refractivity contribution in [2.24, 2.45) is 5.41 Å². The summed E-state index contributed by atoms with van der Waals surface area (Å²) >= 11 is 0. The summed E-state index contributed by atoms with van der Waals surface area (Å²) in [5.41, 5.74) is 6.23. The van der Waals surface area contributed by atoms with Gasteiger partial charge in [-0.25, -0.2) is 18.1 Å². The molecule has 6 heteroatoms. The van der Waals surface area contributed by atoms with Crippen LogP contribution in [0, 0.1) is 5.41 Å². The van der Waals surface area contributed by atoms with E-state index in [-0.39, 0.29) is 10.3 Å². The normalized spacial score (nSPS) is 12.7. The molecule has 0 radical (unpaired) electrons. The SMILES string of the molecule is CCC(C)(C)CNS(=O)(=O)c1ccc2nc(N)ccc2c1.